The van der Waals surface area contributed by atoms with Crippen molar-refractivity contribution in [3.05, 3.63) is 47.7 Å². The molecule has 138 valence electrons. The summed E-state index contributed by atoms with van der Waals surface area (Å²) >= 11 is 0. The molecule has 1 aliphatic heterocycles. The van der Waals surface area contributed by atoms with Gasteiger partial charge in [-0.25, -0.2) is 4.98 Å². The van der Waals surface area contributed by atoms with Gasteiger partial charge in [-0.15, -0.1) is 0 Å². The van der Waals surface area contributed by atoms with E-state index in [4.69, 9.17) is 9.47 Å². The average molecular weight is 356 g/mol. The highest BCUT2D eigenvalue weighted by Gasteiger charge is 2.24. The first kappa shape index (κ1) is 18.2. The van der Waals surface area contributed by atoms with Crippen LogP contribution in [0.2, 0.25) is 0 Å². The van der Waals surface area contributed by atoms with Gasteiger partial charge in [0.25, 0.3) is 0 Å². The van der Waals surface area contributed by atoms with Gasteiger partial charge in [-0.3, -0.25) is 9.69 Å². The zero-order valence-electron chi connectivity index (χ0n) is 14.9. The number of rotatable bonds is 7. The molecule has 0 aliphatic carbocycles. The molecule has 1 saturated heterocycles. The van der Waals surface area contributed by atoms with Gasteiger partial charge in [-0.2, -0.15) is 0 Å². The number of carbonyl (C=O) groups is 1. The molecule has 1 atom stereocenters. The molecule has 6 heteroatoms. The summed E-state index contributed by atoms with van der Waals surface area (Å²) in [5, 5.41) is 9.79. The number of benzene rings is 1. The first-order valence-electron chi connectivity index (χ1n) is 8.84. The SMILES string of the molecule is COc1cc(CN2CCCC[C@H]2COc2cccc(O)c2C=O)ccn1. The molecule has 2 heterocycles. The van der Waals surface area contributed by atoms with Crippen molar-refractivity contribution in [1.29, 1.82) is 0 Å². The van der Waals surface area contributed by atoms with Crippen LogP contribution in [-0.2, 0) is 6.54 Å². The number of pyridine rings is 1. The number of aromatic hydroxyl groups is 1. The van der Waals surface area contributed by atoms with Crippen LogP contribution in [0, 0.1) is 0 Å². The van der Waals surface area contributed by atoms with Gasteiger partial charge < -0.3 is 14.6 Å². The summed E-state index contributed by atoms with van der Waals surface area (Å²) in [6, 6.07) is 9.08. The molecule has 0 spiro atoms. The molecule has 1 aromatic heterocycles. The van der Waals surface area contributed by atoms with Crippen LogP contribution in [0.1, 0.15) is 35.2 Å². The van der Waals surface area contributed by atoms with Crippen LogP contribution < -0.4 is 9.47 Å². The van der Waals surface area contributed by atoms with E-state index in [0.29, 0.717) is 24.5 Å². The van der Waals surface area contributed by atoms with Crippen molar-refractivity contribution in [1.82, 2.24) is 9.88 Å². The van der Waals surface area contributed by atoms with E-state index in [1.54, 1.807) is 25.4 Å². The fraction of sp³-hybridized carbons (Fsp3) is 0.400. The predicted octanol–water partition coefficient (Wildman–Crippen LogP) is 3.04. The monoisotopic (exact) mass is 356 g/mol. The number of ether oxygens (including phenoxy) is 2. The van der Waals surface area contributed by atoms with Gasteiger partial charge in [0.15, 0.2) is 6.29 Å². The smallest absolute Gasteiger partial charge is 0.213 e. The third-order valence-corrected chi connectivity index (χ3v) is 4.74. The normalized spacial score (nSPS) is 17.7. The lowest BCUT2D eigenvalue weighted by atomic mass is 10.0. The molecule has 0 amide bonds. The van der Waals surface area contributed by atoms with E-state index in [2.05, 4.69) is 9.88 Å². The molecule has 1 N–H and O–H groups in total. The number of methoxy groups -OCH3 is 1. The van der Waals surface area contributed by atoms with E-state index < -0.39 is 0 Å². The lowest BCUT2D eigenvalue weighted by Gasteiger charge is -2.35. The Bertz CT molecular complexity index is 750. The Hall–Kier alpha value is -2.60. The number of hydrogen-bond donors (Lipinski definition) is 1. The minimum absolute atomic E-state index is 0.0538. The second-order valence-electron chi connectivity index (χ2n) is 6.44. The zero-order valence-corrected chi connectivity index (χ0v) is 14.9. The molecule has 3 rings (SSSR count). The summed E-state index contributed by atoms with van der Waals surface area (Å²) in [5.41, 5.74) is 1.35. The maximum absolute atomic E-state index is 11.2. The molecule has 0 bridgehead atoms. The Labute approximate surface area is 153 Å². The van der Waals surface area contributed by atoms with Gasteiger partial charge >= 0.3 is 0 Å². The Morgan fingerprint density at radius 1 is 1.35 bits per heavy atom. The van der Waals surface area contributed by atoms with Crippen molar-refractivity contribution in [2.24, 2.45) is 0 Å². The highest BCUT2D eigenvalue weighted by Crippen LogP contribution is 2.27. The summed E-state index contributed by atoms with van der Waals surface area (Å²) in [7, 11) is 1.61. The summed E-state index contributed by atoms with van der Waals surface area (Å²) in [4.78, 5) is 17.7. The van der Waals surface area contributed by atoms with Crippen molar-refractivity contribution < 1.29 is 19.4 Å². The number of nitrogens with zero attached hydrogens (tertiary/aromatic N) is 2. The Morgan fingerprint density at radius 3 is 3.04 bits per heavy atom. The Balaban J connectivity index is 1.67. The van der Waals surface area contributed by atoms with Crippen molar-refractivity contribution in [2.75, 3.05) is 20.3 Å². The van der Waals surface area contributed by atoms with E-state index in [9.17, 15) is 9.90 Å². The molecule has 0 radical (unpaired) electrons. The van der Waals surface area contributed by atoms with E-state index in [1.807, 2.05) is 12.1 Å². The number of likely N-dealkylation sites (tertiary alicyclic amines) is 1. The number of hydrogen-bond acceptors (Lipinski definition) is 6. The highest BCUT2D eigenvalue weighted by molar-refractivity contribution is 5.83. The van der Waals surface area contributed by atoms with Gasteiger partial charge in [0, 0.05) is 24.8 Å². The molecule has 1 fully saturated rings. The van der Waals surface area contributed by atoms with Gasteiger partial charge in [0.2, 0.25) is 5.88 Å². The first-order valence-corrected chi connectivity index (χ1v) is 8.84. The molecule has 0 saturated carbocycles. The number of aldehydes is 1. The molecular formula is C20H24N2O4. The number of aromatic nitrogens is 1. The lowest BCUT2D eigenvalue weighted by Crippen LogP contribution is -2.42. The van der Waals surface area contributed by atoms with Gasteiger partial charge in [0.1, 0.15) is 18.1 Å². The molecule has 2 aromatic rings. The van der Waals surface area contributed by atoms with Crippen LogP contribution in [0.15, 0.2) is 36.5 Å². The predicted molar refractivity (Wildman–Crippen MR) is 97.8 cm³/mol. The Morgan fingerprint density at radius 2 is 2.23 bits per heavy atom. The third kappa shape index (κ3) is 4.32. The number of phenols is 1. The first-order chi connectivity index (χ1) is 12.7. The van der Waals surface area contributed by atoms with Gasteiger partial charge in [-0.05, 0) is 43.1 Å². The van der Waals surface area contributed by atoms with Crippen LogP contribution in [0.4, 0.5) is 0 Å². The fourth-order valence-corrected chi connectivity index (χ4v) is 3.31. The van der Waals surface area contributed by atoms with Crippen molar-refractivity contribution in [3.8, 4) is 17.4 Å². The molecular weight excluding hydrogens is 332 g/mol. The maximum atomic E-state index is 11.2. The number of phenolic OH excluding ortho intramolecular Hbond substituents is 1. The minimum Gasteiger partial charge on any atom is -0.507 e. The zero-order chi connectivity index (χ0) is 18.4. The van der Waals surface area contributed by atoms with E-state index in [-0.39, 0.29) is 17.4 Å². The number of piperidine rings is 1. The van der Waals surface area contributed by atoms with E-state index >= 15 is 0 Å². The summed E-state index contributed by atoms with van der Waals surface area (Å²) < 4.78 is 11.1. The van der Waals surface area contributed by atoms with Crippen LogP contribution in [0.25, 0.3) is 0 Å². The second kappa shape index (κ2) is 8.67. The summed E-state index contributed by atoms with van der Waals surface area (Å²) in [6.07, 6.45) is 5.74. The highest BCUT2D eigenvalue weighted by atomic mass is 16.5. The van der Waals surface area contributed by atoms with Gasteiger partial charge in [-0.1, -0.05) is 12.5 Å². The minimum atomic E-state index is -0.0538. The molecule has 6 nitrogen and oxygen atoms in total. The molecule has 1 aliphatic rings. The van der Waals surface area contributed by atoms with E-state index in [1.165, 1.54) is 6.07 Å². The summed E-state index contributed by atoms with van der Waals surface area (Å²) in [6.45, 7) is 2.28. The van der Waals surface area contributed by atoms with Crippen molar-refractivity contribution in [2.45, 2.75) is 31.8 Å². The number of carbonyl (C=O) groups excluding carboxylic acids is 1. The van der Waals surface area contributed by atoms with Crippen LogP contribution in [-0.4, -0.2) is 47.6 Å². The third-order valence-electron chi connectivity index (χ3n) is 4.74. The molecule has 1 aromatic carbocycles. The topological polar surface area (TPSA) is 71.9 Å². The largest absolute Gasteiger partial charge is 0.507 e. The quantitative estimate of drug-likeness (QED) is 0.769. The average Bonchev–Trinajstić information content (AvgIpc) is 2.67. The van der Waals surface area contributed by atoms with Crippen molar-refractivity contribution >= 4 is 6.29 Å². The lowest BCUT2D eigenvalue weighted by molar-refractivity contribution is 0.0920. The van der Waals surface area contributed by atoms with Gasteiger partial charge in [0.05, 0.1) is 12.7 Å². The van der Waals surface area contributed by atoms with E-state index in [0.717, 1.165) is 37.9 Å². The van der Waals surface area contributed by atoms with Crippen molar-refractivity contribution in [3.63, 3.8) is 0 Å². The molecule has 26 heavy (non-hydrogen) atoms. The molecule has 0 unspecified atom stereocenters. The maximum Gasteiger partial charge on any atom is 0.213 e. The van der Waals surface area contributed by atoms with Crippen LogP contribution in [0.5, 0.6) is 17.4 Å². The van der Waals surface area contributed by atoms with Crippen LogP contribution in [0.3, 0.4) is 0 Å². The Kier molecular flexibility index (Phi) is 6.07. The summed E-state index contributed by atoms with van der Waals surface area (Å²) in [5.74, 6) is 0.987. The second-order valence-corrected chi connectivity index (χ2v) is 6.44. The standard InChI is InChI=1S/C20H24N2O4/c1-25-20-11-15(8-9-21-20)12-22-10-3-2-5-16(22)14-26-19-7-4-6-18(24)17(19)13-23/h4,6-9,11,13,16,24H,2-3,5,10,12,14H2,1H3/t16-/m0/s1. The van der Waals surface area contributed by atoms with Crippen LogP contribution >= 0.6 is 0 Å². The fourth-order valence-electron chi connectivity index (χ4n) is 3.31.